The predicted molar refractivity (Wildman–Crippen MR) is 47.4 cm³/mol. The lowest BCUT2D eigenvalue weighted by Gasteiger charge is -2.00. The van der Waals surface area contributed by atoms with Crippen LogP contribution in [0.1, 0.15) is 22.3 Å². The number of hydrogen-bond acceptors (Lipinski definition) is 4. The Bertz CT molecular complexity index is 439. The molecule has 0 atom stereocenters. The summed E-state index contributed by atoms with van der Waals surface area (Å²) < 4.78 is 0. The molecule has 0 aromatic heterocycles. The molecule has 0 aliphatic heterocycles. The van der Waals surface area contributed by atoms with Gasteiger partial charge >= 0.3 is 5.69 Å². The van der Waals surface area contributed by atoms with Gasteiger partial charge in [-0.1, -0.05) is 0 Å². The van der Waals surface area contributed by atoms with Gasteiger partial charge in [0.15, 0.2) is 11.5 Å². The monoisotopic (exact) mass is 193 g/mol. The zero-order valence-corrected chi connectivity index (χ0v) is 7.19. The Morgan fingerprint density at radius 1 is 1.36 bits per heavy atom. The second-order valence-electron chi connectivity index (χ2n) is 3.14. The summed E-state index contributed by atoms with van der Waals surface area (Å²) in [4.78, 5) is 21.2. The first kappa shape index (κ1) is 8.68. The Morgan fingerprint density at radius 3 is 2.71 bits per heavy atom. The molecule has 0 bridgehead atoms. The largest absolute Gasteiger partial charge is 0.502 e. The summed E-state index contributed by atoms with van der Waals surface area (Å²) in [6, 6.07) is 2.63. The fourth-order valence-corrected chi connectivity index (χ4v) is 1.72. The van der Waals surface area contributed by atoms with E-state index in [4.69, 9.17) is 0 Å². The number of fused-ring (bicyclic) bond motifs is 1. The third kappa shape index (κ3) is 1.06. The second-order valence-corrected chi connectivity index (χ2v) is 3.14. The van der Waals surface area contributed by atoms with E-state index in [1.54, 1.807) is 0 Å². The fraction of sp³-hybridized carbons (Fsp3) is 0.222. The number of rotatable bonds is 1. The van der Waals surface area contributed by atoms with Crippen LogP contribution in [-0.4, -0.2) is 15.8 Å². The molecule has 0 spiro atoms. The summed E-state index contributed by atoms with van der Waals surface area (Å²) in [6.45, 7) is 0. The van der Waals surface area contributed by atoms with Crippen LogP contribution < -0.4 is 0 Å². The average molecular weight is 193 g/mol. The maximum absolute atomic E-state index is 11.2. The Hall–Kier alpha value is -1.91. The van der Waals surface area contributed by atoms with Crippen molar-refractivity contribution in [2.24, 2.45) is 0 Å². The molecule has 5 nitrogen and oxygen atoms in total. The Kier molecular flexibility index (Phi) is 1.73. The summed E-state index contributed by atoms with van der Waals surface area (Å²) >= 11 is 0. The number of carbonyl (C=O) groups is 1. The first-order valence-corrected chi connectivity index (χ1v) is 4.13. The van der Waals surface area contributed by atoms with Crippen LogP contribution in [0.3, 0.4) is 0 Å². The van der Waals surface area contributed by atoms with E-state index in [1.807, 2.05) is 0 Å². The third-order valence-corrected chi connectivity index (χ3v) is 2.35. The molecular weight excluding hydrogens is 186 g/mol. The number of hydrogen-bond donors (Lipinski definition) is 1. The lowest BCUT2D eigenvalue weighted by molar-refractivity contribution is -0.386. The minimum Gasteiger partial charge on any atom is -0.502 e. The molecule has 0 saturated heterocycles. The highest BCUT2D eigenvalue weighted by Crippen LogP contribution is 2.36. The van der Waals surface area contributed by atoms with Crippen molar-refractivity contribution in [1.82, 2.24) is 0 Å². The van der Waals surface area contributed by atoms with Gasteiger partial charge in [-0.3, -0.25) is 14.9 Å². The van der Waals surface area contributed by atoms with Gasteiger partial charge in [0.2, 0.25) is 0 Å². The molecule has 2 rings (SSSR count). The maximum atomic E-state index is 11.2. The lowest BCUT2D eigenvalue weighted by Crippen LogP contribution is -1.96. The third-order valence-electron chi connectivity index (χ3n) is 2.35. The van der Waals surface area contributed by atoms with Crippen molar-refractivity contribution in [3.8, 4) is 5.75 Å². The van der Waals surface area contributed by atoms with E-state index in [9.17, 15) is 20.0 Å². The number of nitrogens with zero attached hydrogens (tertiary/aromatic N) is 1. The van der Waals surface area contributed by atoms with Crippen molar-refractivity contribution in [2.75, 3.05) is 0 Å². The van der Waals surface area contributed by atoms with E-state index in [2.05, 4.69) is 0 Å². The first-order chi connectivity index (χ1) is 6.61. The Labute approximate surface area is 79.1 Å². The lowest BCUT2D eigenvalue weighted by atomic mass is 10.1. The summed E-state index contributed by atoms with van der Waals surface area (Å²) in [5.74, 6) is -0.466. The molecule has 72 valence electrons. The summed E-state index contributed by atoms with van der Waals surface area (Å²) in [6.07, 6.45) is 0.637. The highest BCUT2D eigenvalue weighted by molar-refractivity contribution is 6.01. The van der Waals surface area contributed by atoms with Gasteiger partial charge in [-0.05, 0) is 18.6 Å². The molecule has 1 aliphatic carbocycles. The molecule has 5 heteroatoms. The zero-order chi connectivity index (χ0) is 10.3. The maximum Gasteiger partial charge on any atom is 0.314 e. The van der Waals surface area contributed by atoms with Crippen LogP contribution in [-0.2, 0) is 6.42 Å². The number of phenols is 1. The van der Waals surface area contributed by atoms with Crippen LogP contribution in [0.25, 0.3) is 0 Å². The molecule has 1 aromatic rings. The van der Waals surface area contributed by atoms with Crippen LogP contribution in [0.5, 0.6) is 5.75 Å². The van der Waals surface area contributed by atoms with Crippen LogP contribution in [0, 0.1) is 10.1 Å². The zero-order valence-electron chi connectivity index (χ0n) is 7.19. The van der Waals surface area contributed by atoms with Crippen molar-refractivity contribution in [2.45, 2.75) is 12.8 Å². The van der Waals surface area contributed by atoms with E-state index >= 15 is 0 Å². The van der Waals surface area contributed by atoms with E-state index in [1.165, 1.54) is 12.1 Å². The van der Waals surface area contributed by atoms with Gasteiger partial charge in [-0.2, -0.15) is 0 Å². The topological polar surface area (TPSA) is 80.4 Å². The number of ketones is 1. The summed E-state index contributed by atoms with van der Waals surface area (Å²) in [5, 5.41) is 19.9. The van der Waals surface area contributed by atoms with E-state index < -0.39 is 4.92 Å². The molecule has 0 unspecified atom stereocenters. The van der Waals surface area contributed by atoms with Gasteiger partial charge in [-0.25, -0.2) is 0 Å². The van der Waals surface area contributed by atoms with Crippen LogP contribution in [0.2, 0.25) is 0 Å². The first-order valence-electron chi connectivity index (χ1n) is 4.13. The van der Waals surface area contributed by atoms with Crippen molar-refractivity contribution in [1.29, 1.82) is 0 Å². The number of aromatic hydroxyl groups is 1. The summed E-state index contributed by atoms with van der Waals surface area (Å²) in [5.41, 5.74) is 0.405. The smallest absolute Gasteiger partial charge is 0.314 e. The predicted octanol–water partition coefficient (Wildman–Crippen LogP) is 1.43. The van der Waals surface area contributed by atoms with Gasteiger partial charge in [0.05, 0.1) is 4.92 Å². The molecule has 1 aliphatic rings. The highest BCUT2D eigenvalue weighted by atomic mass is 16.6. The molecule has 14 heavy (non-hydrogen) atoms. The molecule has 1 aromatic carbocycles. The van der Waals surface area contributed by atoms with Crippen molar-refractivity contribution < 1.29 is 14.8 Å². The SMILES string of the molecule is O=C1CCc2c1ccc(O)c2[N+](=O)[O-]. The number of phenolic OH excluding ortho intramolecular Hbond substituents is 1. The Balaban J connectivity index is 2.71. The number of nitro groups is 1. The number of carbonyl (C=O) groups excluding carboxylic acids is 1. The van der Waals surface area contributed by atoms with Gasteiger partial charge in [0.1, 0.15) is 0 Å². The van der Waals surface area contributed by atoms with E-state index in [0.717, 1.165) is 0 Å². The van der Waals surface area contributed by atoms with Gasteiger partial charge in [-0.15, -0.1) is 0 Å². The van der Waals surface area contributed by atoms with Gasteiger partial charge < -0.3 is 5.11 Å². The van der Waals surface area contributed by atoms with Crippen LogP contribution in [0.15, 0.2) is 12.1 Å². The molecule has 0 saturated carbocycles. The number of Topliss-reactive ketones (excluding diaryl/α,β-unsaturated/α-hetero) is 1. The molecule has 1 N–H and O–H groups in total. The molecular formula is C9H7NO4. The van der Waals surface area contributed by atoms with Gasteiger partial charge in [0, 0.05) is 17.5 Å². The van der Waals surface area contributed by atoms with Crippen molar-refractivity contribution in [3.63, 3.8) is 0 Å². The number of nitro benzene ring substituents is 1. The standard InChI is InChI=1S/C9H7NO4/c11-7-3-2-6-5(7)1-4-8(12)9(6)10(13)14/h1,4,12H,2-3H2. The normalized spacial score (nSPS) is 14.1. The molecule has 0 radical (unpaired) electrons. The fourth-order valence-electron chi connectivity index (χ4n) is 1.72. The van der Waals surface area contributed by atoms with Crippen LogP contribution in [0.4, 0.5) is 5.69 Å². The molecule has 0 amide bonds. The molecule has 0 fully saturated rings. The highest BCUT2D eigenvalue weighted by Gasteiger charge is 2.30. The van der Waals surface area contributed by atoms with Crippen molar-refractivity contribution in [3.05, 3.63) is 33.4 Å². The minimum absolute atomic E-state index is 0.0944. The molecule has 0 heterocycles. The van der Waals surface area contributed by atoms with Gasteiger partial charge in [0.25, 0.3) is 0 Å². The van der Waals surface area contributed by atoms with Crippen molar-refractivity contribution >= 4 is 11.5 Å². The number of benzene rings is 1. The van der Waals surface area contributed by atoms with E-state index in [0.29, 0.717) is 24.0 Å². The Morgan fingerprint density at radius 2 is 2.07 bits per heavy atom. The second kappa shape index (κ2) is 2.80. The summed E-state index contributed by atoms with van der Waals surface area (Å²) in [7, 11) is 0. The van der Waals surface area contributed by atoms with Crippen LogP contribution >= 0.6 is 0 Å². The minimum atomic E-state index is -0.646. The average Bonchev–Trinajstić information content (AvgIpc) is 2.47. The van der Waals surface area contributed by atoms with E-state index in [-0.39, 0.29) is 17.2 Å². The quantitative estimate of drug-likeness (QED) is 0.540.